The lowest BCUT2D eigenvalue weighted by atomic mass is 10.2. The average Bonchev–Trinajstić information content (AvgIpc) is 2.54. The molecule has 1 aromatic rings. The van der Waals surface area contributed by atoms with Crippen LogP contribution in [-0.2, 0) is 4.79 Å². The zero-order valence-electron chi connectivity index (χ0n) is 12.3. The molecule has 0 radical (unpaired) electrons. The number of rotatable bonds is 4. The number of carbonyl (C=O) groups excluding carboxylic acids is 1. The van der Waals surface area contributed by atoms with Gasteiger partial charge < -0.3 is 15.1 Å². The molecule has 1 aromatic carbocycles. The maximum absolute atomic E-state index is 12.1. The minimum atomic E-state index is -0.208. The van der Waals surface area contributed by atoms with E-state index in [2.05, 4.69) is 11.0 Å². The summed E-state index contributed by atoms with van der Waals surface area (Å²) in [6, 6.07) is 6.53. The molecule has 0 aromatic heterocycles. The molecule has 22 heavy (non-hydrogen) atoms. The summed E-state index contributed by atoms with van der Waals surface area (Å²) in [5, 5.41) is 27.2. The van der Waals surface area contributed by atoms with E-state index in [1.54, 1.807) is 17.0 Å². The molecule has 1 amide bonds. The zero-order valence-corrected chi connectivity index (χ0v) is 12.3. The number of benzene rings is 1. The van der Waals surface area contributed by atoms with Gasteiger partial charge in [-0.15, -0.1) is 0 Å². The molecule has 0 saturated carbocycles. The molecule has 6 heteroatoms. The fraction of sp³-hybridized carbons (Fsp3) is 0.375. The summed E-state index contributed by atoms with van der Waals surface area (Å²) in [7, 11) is 0. The summed E-state index contributed by atoms with van der Waals surface area (Å²) in [5.41, 5.74) is 0.649. The number of carbonyl (C=O) groups is 1. The Kier molecular flexibility index (Phi) is 5.39. The van der Waals surface area contributed by atoms with Gasteiger partial charge in [-0.2, -0.15) is 5.26 Å². The van der Waals surface area contributed by atoms with Crippen LogP contribution in [0.25, 0.3) is 6.08 Å². The average molecular weight is 301 g/mol. The molecule has 0 spiro atoms. The minimum Gasteiger partial charge on any atom is -0.504 e. The molecule has 0 atom stereocenters. The van der Waals surface area contributed by atoms with E-state index in [1.165, 1.54) is 18.2 Å². The second kappa shape index (κ2) is 7.48. The van der Waals surface area contributed by atoms with E-state index in [-0.39, 0.29) is 17.4 Å². The Bertz CT molecular complexity index is 599. The van der Waals surface area contributed by atoms with Gasteiger partial charge in [0.25, 0.3) is 0 Å². The highest BCUT2D eigenvalue weighted by Crippen LogP contribution is 2.25. The van der Waals surface area contributed by atoms with Gasteiger partial charge in [0, 0.05) is 45.2 Å². The van der Waals surface area contributed by atoms with Gasteiger partial charge in [-0.25, -0.2) is 0 Å². The van der Waals surface area contributed by atoms with Crippen LogP contribution < -0.4 is 0 Å². The van der Waals surface area contributed by atoms with Crippen molar-refractivity contribution in [1.29, 1.82) is 5.26 Å². The molecule has 116 valence electrons. The first kappa shape index (κ1) is 15.9. The predicted molar refractivity (Wildman–Crippen MR) is 82.1 cm³/mol. The number of phenolic OH excluding ortho intramolecular Hbond substituents is 2. The molecule has 2 N–H and O–H groups in total. The highest BCUT2D eigenvalue weighted by atomic mass is 16.3. The van der Waals surface area contributed by atoms with Gasteiger partial charge in [-0.05, 0) is 23.8 Å². The van der Waals surface area contributed by atoms with E-state index in [4.69, 9.17) is 5.26 Å². The Labute approximate surface area is 129 Å². The van der Waals surface area contributed by atoms with E-state index in [1.807, 2.05) is 0 Å². The van der Waals surface area contributed by atoms with Crippen LogP contribution in [0.3, 0.4) is 0 Å². The highest BCUT2D eigenvalue weighted by Gasteiger charge is 2.18. The molecule has 1 aliphatic heterocycles. The SMILES string of the molecule is N#CCCN1CCN(C(=O)C=Cc2ccc(O)c(O)c2)CC1. The Morgan fingerprint density at radius 2 is 1.95 bits per heavy atom. The second-order valence-corrected chi connectivity index (χ2v) is 5.16. The summed E-state index contributed by atoms with van der Waals surface area (Å²) in [6.45, 7) is 3.61. The number of phenols is 2. The Balaban J connectivity index is 1.86. The minimum absolute atomic E-state index is 0.0764. The van der Waals surface area contributed by atoms with Crippen molar-refractivity contribution in [3.63, 3.8) is 0 Å². The van der Waals surface area contributed by atoms with Crippen LogP contribution in [0.4, 0.5) is 0 Å². The van der Waals surface area contributed by atoms with Gasteiger partial charge in [-0.1, -0.05) is 6.07 Å². The summed E-state index contributed by atoms with van der Waals surface area (Å²) < 4.78 is 0. The normalized spacial score (nSPS) is 15.9. The van der Waals surface area contributed by atoms with Crippen LogP contribution in [0, 0.1) is 11.3 Å². The first-order valence-corrected chi connectivity index (χ1v) is 7.18. The molecule has 1 fully saturated rings. The van der Waals surface area contributed by atoms with Crippen molar-refractivity contribution >= 4 is 12.0 Å². The van der Waals surface area contributed by atoms with Gasteiger partial charge in [0.05, 0.1) is 6.07 Å². The van der Waals surface area contributed by atoms with Crippen LogP contribution in [0.15, 0.2) is 24.3 Å². The number of nitriles is 1. The van der Waals surface area contributed by atoms with Crippen molar-refractivity contribution in [2.45, 2.75) is 6.42 Å². The zero-order chi connectivity index (χ0) is 15.9. The van der Waals surface area contributed by atoms with Crippen LogP contribution in [0.2, 0.25) is 0 Å². The number of hydrogen-bond acceptors (Lipinski definition) is 5. The second-order valence-electron chi connectivity index (χ2n) is 5.16. The third-order valence-electron chi connectivity index (χ3n) is 3.64. The lowest BCUT2D eigenvalue weighted by Crippen LogP contribution is -2.48. The fourth-order valence-electron chi connectivity index (χ4n) is 2.32. The number of nitrogens with zero attached hydrogens (tertiary/aromatic N) is 3. The first-order chi connectivity index (χ1) is 10.6. The van der Waals surface area contributed by atoms with Crippen molar-refractivity contribution < 1.29 is 15.0 Å². The molecular weight excluding hydrogens is 282 g/mol. The molecule has 1 heterocycles. The monoisotopic (exact) mass is 301 g/mol. The van der Waals surface area contributed by atoms with E-state index in [0.29, 0.717) is 25.1 Å². The van der Waals surface area contributed by atoms with E-state index < -0.39 is 0 Å². The van der Waals surface area contributed by atoms with Crippen LogP contribution >= 0.6 is 0 Å². The van der Waals surface area contributed by atoms with E-state index >= 15 is 0 Å². The number of piperazine rings is 1. The maximum Gasteiger partial charge on any atom is 0.246 e. The summed E-state index contributed by atoms with van der Waals surface area (Å²) >= 11 is 0. The summed E-state index contributed by atoms with van der Waals surface area (Å²) in [4.78, 5) is 16.0. The quantitative estimate of drug-likeness (QED) is 0.644. The first-order valence-electron chi connectivity index (χ1n) is 7.18. The maximum atomic E-state index is 12.1. The largest absolute Gasteiger partial charge is 0.504 e. The van der Waals surface area contributed by atoms with E-state index in [0.717, 1.165) is 19.6 Å². The Morgan fingerprint density at radius 1 is 1.23 bits per heavy atom. The van der Waals surface area contributed by atoms with Crippen LogP contribution in [0.5, 0.6) is 11.5 Å². The fourth-order valence-corrected chi connectivity index (χ4v) is 2.32. The van der Waals surface area contributed by atoms with Gasteiger partial charge in [0.1, 0.15) is 0 Å². The van der Waals surface area contributed by atoms with Gasteiger partial charge in [-0.3, -0.25) is 9.69 Å². The molecule has 6 nitrogen and oxygen atoms in total. The predicted octanol–water partition coefficient (Wildman–Crippen LogP) is 1.17. The Morgan fingerprint density at radius 3 is 2.59 bits per heavy atom. The molecule has 0 unspecified atom stereocenters. The lowest BCUT2D eigenvalue weighted by molar-refractivity contribution is -0.127. The molecule has 0 bridgehead atoms. The molecule has 1 saturated heterocycles. The van der Waals surface area contributed by atoms with Crippen molar-refractivity contribution in [1.82, 2.24) is 9.80 Å². The number of aromatic hydroxyl groups is 2. The van der Waals surface area contributed by atoms with Crippen molar-refractivity contribution in [3.8, 4) is 17.6 Å². The topological polar surface area (TPSA) is 87.8 Å². The number of amides is 1. The molecule has 1 aliphatic rings. The smallest absolute Gasteiger partial charge is 0.246 e. The third kappa shape index (κ3) is 4.24. The molecule has 2 rings (SSSR count). The summed E-state index contributed by atoms with van der Waals surface area (Å²) in [6.07, 6.45) is 3.60. The molecular formula is C16H19N3O3. The standard InChI is InChI=1S/C16H19N3O3/c17-6-1-7-18-8-10-19(11-9-18)16(22)5-3-13-2-4-14(20)15(21)12-13/h2-5,12,20-21H,1,7-11H2. The number of hydrogen-bond donors (Lipinski definition) is 2. The lowest BCUT2D eigenvalue weighted by Gasteiger charge is -2.33. The van der Waals surface area contributed by atoms with Crippen LogP contribution in [0.1, 0.15) is 12.0 Å². The van der Waals surface area contributed by atoms with Crippen LogP contribution in [-0.4, -0.2) is 58.6 Å². The van der Waals surface area contributed by atoms with Crippen molar-refractivity contribution in [2.24, 2.45) is 0 Å². The van der Waals surface area contributed by atoms with Crippen molar-refractivity contribution in [3.05, 3.63) is 29.8 Å². The van der Waals surface area contributed by atoms with Gasteiger partial charge >= 0.3 is 0 Å². The third-order valence-corrected chi connectivity index (χ3v) is 3.64. The Hall–Kier alpha value is -2.52. The molecule has 0 aliphatic carbocycles. The van der Waals surface area contributed by atoms with Gasteiger partial charge in [0.2, 0.25) is 5.91 Å². The van der Waals surface area contributed by atoms with Gasteiger partial charge in [0.15, 0.2) is 11.5 Å². The summed E-state index contributed by atoms with van der Waals surface area (Å²) in [5.74, 6) is -0.467. The highest BCUT2D eigenvalue weighted by molar-refractivity contribution is 5.91. The van der Waals surface area contributed by atoms with Crippen molar-refractivity contribution in [2.75, 3.05) is 32.7 Å². The van der Waals surface area contributed by atoms with E-state index in [9.17, 15) is 15.0 Å².